The predicted molar refractivity (Wildman–Crippen MR) is 55.4 cm³/mol. The van der Waals surface area contributed by atoms with E-state index in [0.29, 0.717) is 0 Å². The number of hydrogen-bond donors (Lipinski definition) is 0. The Morgan fingerprint density at radius 2 is 0.704 bits per heavy atom. The summed E-state index contributed by atoms with van der Waals surface area (Å²) in [4.78, 5) is 0. The Morgan fingerprint density at radius 1 is 0.519 bits per heavy atom. The highest BCUT2D eigenvalue weighted by molar-refractivity contribution is 5.10. The summed E-state index contributed by atoms with van der Waals surface area (Å²) in [6, 6.07) is 0. The van der Waals surface area contributed by atoms with Crippen LogP contribution >= 0.6 is 0 Å². The third-order valence-corrected chi connectivity index (χ3v) is 3.59. The van der Waals surface area contributed by atoms with E-state index in [0.717, 1.165) is 0 Å². The van der Waals surface area contributed by atoms with Crippen molar-refractivity contribution in [2.45, 2.75) is 62.7 Å². The Hall–Kier alpha value is -1.00. The second kappa shape index (κ2) is 5.54. The summed E-state index contributed by atoms with van der Waals surface area (Å²) < 4.78 is 176. The summed E-state index contributed by atoms with van der Waals surface area (Å²) in [5.41, 5.74) is -6.55. The van der Waals surface area contributed by atoms with Gasteiger partial charge in [0.05, 0.1) is 0 Å². The molecule has 0 unspecified atom stereocenters. The third kappa shape index (κ3) is 2.95. The van der Waals surface area contributed by atoms with E-state index in [2.05, 4.69) is 18.9 Å². The van der Waals surface area contributed by atoms with Gasteiger partial charge in [0.15, 0.2) is 0 Å². The molecule has 0 bridgehead atoms. The number of ether oxygens (including phenoxy) is 4. The van der Waals surface area contributed by atoms with Crippen LogP contribution in [-0.4, -0.2) is 48.9 Å². The van der Waals surface area contributed by atoms with Gasteiger partial charge in [0, 0.05) is 13.8 Å². The van der Waals surface area contributed by atoms with E-state index in [-0.39, 0.29) is 13.8 Å². The highest BCUT2D eigenvalue weighted by atomic mass is 19.3. The number of halogens is 12. The first-order chi connectivity index (χ1) is 11.6. The molecule has 0 radical (unpaired) electrons. The van der Waals surface area contributed by atoms with Crippen LogP contribution in [0.4, 0.5) is 52.7 Å². The molecule has 27 heavy (non-hydrogen) atoms. The lowest BCUT2D eigenvalue weighted by atomic mass is 9.79. The Morgan fingerprint density at radius 3 is 0.852 bits per heavy atom. The van der Waals surface area contributed by atoms with Crippen molar-refractivity contribution in [3.63, 3.8) is 0 Å². The molecule has 0 atom stereocenters. The van der Waals surface area contributed by atoms with E-state index in [9.17, 15) is 52.7 Å². The summed E-state index contributed by atoms with van der Waals surface area (Å²) in [5.74, 6) is -9.40. The lowest BCUT2D eigenvalue weighted by Crippen LogP contribution is -2.81. The van der Waals surface area contributed by atoms with Crippen molar-refractivity contribution in [1.29, 1.82) is 0 Å². The van der Waals surface area contributed by atoms with E-state index in [1.807, 2.05) is 0 Å². The average molecular weight is 432 g/mol. The minimum atomic E-state index is -6.55. The van der Waals surface area contributed by atoms with E-state index in [1.54, 1.807) is 0 Å². The van der Waals surface area contributed by atoms with Crippen LogP contribution in [0.1, 0.15) is 13.8 Å². The molecule has 0 aromatic rings. The van der Waals surface area contributed by atoms with Crippen molar-refractivity contribution in [1.82, 2.24) is 0 Å². The second-order valence-corrected chi connectivity index (χ2v) is 5.86. The van der Waals surface area contributed by atoms with Gasteiger partial charge in [0.2, 0.25) is 12.6 Å². The van der Waals surface area contributed by atoms with Crippen molar-refractivity contribution < 1.29 is 71.6 Å². The summed E-state index contributed by atoms with van der Waals surface area (Å²) in [5, 5.41) is 0. The molecular weight excluding hydrogens is 424 g/mol. The zero-order chi connectivity index (χ0) is 21.5. The van der Waals surface area contributed by atoms with Gasteiger partial charge in [-0.25, -0.2) is 17.6 Å². The minimum Gasteiger partial charge on any atom is -0.283 e. The lowest BCUT2D eigenvalue weighted by Gasteiger charge is -2.56. The zero-order valence-electron chi connectivity index (χ0n) is 12.8. The van der Waals surface area contributed by atoms with E-state index >= 15 is 0 Å². The van der Waals surface area contributed by atoms with Crippen LogP contribution in [0.2, 0.25) is 0 Å². The molecule has 0 N–H and O–H groups in total. The average Bonchev–Trinajstić information content (AvgIpc) is 2.29. The fraction of sp³-hybridized carbons (Fsp3) is 1.00. The quantitative estimate of drug-likeness (QED) is 0.607. The molecule has 0 aliphatic carbocycles. The molecule has 0 saturated carbocycles. The molecule has 0 aromatic heterocycles. The van der Waals surface area contributed by atoms with Gasteiger partial charge in [-0.3, -0.25) is 18.9 Å². The van der Waals surface area contributed by atoms with Gasteiger partial charge in [-0.15, -0.1) is 0 Å². The molecule has 2 heterocycles. The highest BCUT2D eigenvalue weighted by Gasteiger charge is 2.98. The predicted octanol–water partition coefficient (Wildman–Crippen LogP) is 4.40. The van der Waals surface area contributed by atoms with Crippen LogP contribution in [-0.2, 0) is 18.9 Å². The fourth-order valence-electron chi connectivity index (χ4n) is 2.37. The molecule has 0 amide bonds. The molecule has 160 valence electrons. The van der Waals surface area contributed by atoms with Gasteiger partial charge in [0.1, 0.15) is 0 Å². The molecule has 2 aliphatic rings. The molecule has 1 spiro atoms. The third-order valence-electron chi connectivity index (χ3n) is 3.59. The molecule has 2 rings (SSSR count). The maximum Gasteiger partial charge on any atom is 0.389 e. The van der Waals surface area contributed by atoms with Gasteiger partial charge in [-0.1, -0.05) is 0 Å². The van der Waals surface area contributed by atoms with Crippen LogP contribution < -0.4 is 0 Å². The standard InChI is InChI=1S/C11H8F12O4/c1-5(12,13)3-24-8(16,17)7(9(18,19)25-3)10(20,21)26-4(6(2,14)15)27-11(7,22)23/h3-4H,1-2H3. The van der Waals surface area contributed by atoms with Crippen LogP contribution in [0.3, 0.4) is 0 Å². The van der Waals surface area contributed by atoms with Crippen LogP contribution in [0.25, 0.3) is 0 Å². The van der Waals surface area contributed by atoms with E-state index in [1.165, 1.54) is 0 Å². The van der Waals surface area contributed by atoms with Crippen molar-refractivity contribution in [2.24, 2.45) is 5.41 Å². The minimum absolute atomic E-state index is 0.320. The monoisotopic (exact) mass is 432 g/mol. The van der Waals surface area contributed by atoms with Crippen LogP contribution in [0, 0.1) is 5.41 Å². The Bertz CT molecular complexity index is 504. The van der Waals surface area contributed by atoms with E-state index < -0.39 is 54.3 Å². The molecular formula is C11H8F12O4. The zero-order valence-corrected chi connectivity index (χ0v) is 12.8. The van der Waals surface area contributed by atoms with Crippen molar-refractivity contribution >= 4 is 0 Å². The Labute approximate surface area is 141 Å². The van der Waals surface area contributed by atoms with Gasteiger partial charge in [0.25, 0.3) is 11.8 Å². The molecule has 2 fully saturated rings. The fourth-order valence-corrected chi connectivity index (χ4v) is 2.37. The molecule has 2 saturated heterocycles. The topological polar surface area (TPSA) is 36.9 Å². The number of alkyl halides is 12. The van der Waals surface area contributed by atoms with E-state index in [4.69, 9.17) is 0 Å². The van der Waals surface area contributed by atoms with Gasteiger partial charge < -0.3 is 0 Å². The molecule has 16 heteroatoms. The highest BCUT2D eigenvalue weighted by Crippen LogP contribution is 2.71. The Balaban J connectivity index is 2.69. The normalized spacial score (nSPS) is 38.0. The summed E-state index contributed by atoms with van der Waals surface area (Å²) in [6.45, 7) is -0.640. The lowest BCUT2D eigenvalue weighted by molar-refractivity contribution is -0.653. The molecule has 2 aliphatic heterocycles. The smallest absolute Gasteiger partial charge is 0.283 e. The van der Waals surface area contributed by atoms with Gasteiger partial charge in [-0.2, -0.15) is 35.1 Å². The SMILES string of the molecule is CC(F)(F)C1OC(F)(F)C2(C(F)(F)O1)C(F)(F)OC(C(C)(F)F)OC2(F)F. The first kappa shape index (κ1) is 22.3. The molecule has 0 aromatic carbocycles. The Kier molecular flexibility index (Phi) is 4.57. The van der Waals surface area contributed by atoms with Gasteiger partial charge >= 0.3 is 29.8 Å². The second-order valence-electron chi connectivity index (χ2n) is 5.86. The maximum absolute atomic E-state index is 14.0. The maximum atomic E-state index is 14.0. The number of hydrogen-bond acceptors (Lipinski definition) is 4. The van der Waals surface area contributed by atoms with Crippen molar-refractivity contribution in [3.05, 3.63) is 0 Å². The first-order valence-corrected chi connectivity index (χ1v) is 6.60. The van der Waals surface area contributed by atoms with Crippen LogP contribution in [0.15, 0.2) is 0 Å². The van der Waals surface area contributed by atoms with Gasteiger partial charge in [-0.05, 0) is 0 Å². The number of rotatable bonds is 2. The molecule has 4 nitrogen and oxygen atoms in total. The summed E-state index contributed by atoms with van der Waals surface area (Å²) >= 11 is 0. The largest absolute Gasteiger partial charge is 0.389 e. The van der Waals surface area contributed by atoms with Crippen LogP contribution in [0.5, 0.6) is 0 Å². The van der Waals surface area contributed by atoms with Crippen molar-refractivity contribution in [3.8, 4) is 0 Å². The van der Waals surface area contributed by atoms with Crippen molar-refractivity contribution in [2.75, 3.05) is 0 Å². The summed E-state index contributed by atoms with van der Waals surface area (Å²) in [7, 11) is 0. The first-order valence-electron chi connectivity index (χ1n) is 6.60. The summed E-state index contributed by atoms with van der Waals surface area (Å²) in [6.07, 6.45) is -34.0.